The number of nitrogens with one attached hydrogen (secondary N) is 1. The Hall–Kier alpha value is -1.80. The number of anilines is 2. The minimum absolute atomic E-state index is 0.624. The lowest BCUT2D eigenvalue weighted by Gasteiger charge is -2.05. The van der Waals surface area contributed by atoms with Crippen LogP contribution in [0.25, 0.3) is 0 Å². The van der Waals surface area contributed by atoms with Gasteiger partial charge in [-0.15, -0.1) is 0 Å². The van der Waals surface area contributed by atoms with Gasteiger partial charge < -0.3 is 5.32 Å². The van der Waals surface area contributed by atoms with Gasteiger partial charge in [-0.3, -0.25) is 4.68 Å². The Labute approximate surface area is 102 Å². The molecule has 1 N–H and O–H groups in total. The molecular formula is C11H9BrN4. The molecular weight excluding hydrogens is 268 g/mol. The van der Waals surface area contributed by atoms with Crippen molar-refractivity contribution < 1.29 is 0 Å². The Morgan fingerprint density at radius 3 is 2.81 bits per heavy atom. The molecule has 0 aliphatic carbocycles. The zero-order valence-electron chi connectivity index (χ0n) is 8.61. The van der Waals surface area contributed by atoms with Gasteiger partial charge in [0.2, 0.25) is 0 Å². The maximum Gasteiger partial charge on any atom is 0.152 e. The Morgan fingerprint density at radius 2 is 2.25 bits per heavy atom. The predicted molar refractivity (Wildman–Crippen MR) is 65.3 cm³/mol. The summed E-state index contributed by atoms with van der Waals surface area (Å²) in [5, 5.41) is 16.1. The lowest BCUT2D eigenvalue weighted by Crippen LogP contribution is -1.94. The topological polar surface area (TPSA) is 53.6 Å². The van der Waals surface area contributed by atoms with Crippen LogP contribution in [0.3, 0.4) is 0 Å². The molecule has 0 bridgehead atoms. The highest BCUT2D eigenvalue weighted by atomic mass is 79.9. The van der Waals surface area contributed by atoms with Gasteiger partial charge in [0.05, 0.1) is 17.3 Å². The van der Waals surface area contributed by atoms with Gasteiger partial charge in [0.15, 0.2) is 5.82 Å². The van der Waals surface area contributed by atoms with Gasteiger partial charge in [-0.05, 0) is 34.1 Å². The zero-order valence-corrected chi connectivity index (χ0v) is 10.2. The predicted octanol–water partition coefficient (Wildman–Crippen LogP) is 2.80. The van der Waals surface area contributed by atoms with Crippen molar-refractivity contribution in [2.45, 2.75) is 0 Å². The fraction of sp³-hybridized carbons (Fsp3) is 0.0909. The summed E-state index contributed by atoms with van der Waals surface area (Å²) < 4.78 is 2.57. The first-order valence-electron chi connectivity index (χ1n) is 4.65. The van der Waals surface area contributed by atoms with E-state index in [2.05, 4.69) is 32.4 Å². The van der Waals surface area contributed by atoms with Gasteiger partial charge >= 0.3 is 0 Å². The van der Waals surface area contributed by atoms with Gasteiger partial charge in [-0.2, -0.15) is 10.4 Å². The first-order chi connectivity index (χ1) is 7.69. The quantitative estimate of drug-likeness (QED) is 0.918. The molecule has 1 aromatic carbocycles. The largest absolute Gasteiger partial charge is 0.338 e. The molecule has 1 aromatic heterocycles. The fourth-order valence-corrected chi connectivity index (χ4v) is 1.78. The van der Waals surface area contributed by atoms with Crippen molar-refractivity contribution in [3.8, 4) is 6.07 Å². The number of nitrogens with zero attached hydrogens (tertiary/aromatic N) is 3. The lowest BCUT2D eigenvalue weighted by molar-refractivity contribution is 0.771. The van der Waals surface area contributed by atoms with Gasteiger partial charge in [0, 0.05) is 23.8 Å². The van der Waals surface area contributed by atoms with Crippen LogP contribution in [0.4, 0.5) is 11.5 Å². The smallest absolute Gasteiger partial charge is 0.152 e. The first-order valence-corrected chi connectivity index (χ1v) is 5.44. The summed E-state index contributed by atoms with van der Waals surface area (Å²) in [7, 11) is 1.86. The summed E-state index contributed by atoms with van der Waals surface area (Å²) in [6.07, 6.45) is 1.86. The molecule has 80 valence electrons. The summed E-state index contributed by atoms with van der Waals surface area (Å²) in [5.74, 6) is 0.771. The Bertz CT molecular complexity index is 553. The number of halogens is 1. The maximum absolute atomic E-state index is 8.74. The lowest BCUT2D eigenvalue weighted by atomic mass is 10.2. The van der Waals surface area contributed by atoms with E-state index in [0.29, 0.717) is 5.56 Å². The third kappa shape index (κ3) is 2.23. The highest BCUT2D eigenvalue weighted by Gasteiger charge is 2.03. The van der Waals surface area contributed by atoms with Crippen LogP contribution in [-0.2, 0) is 7.05 Å². The van der Waals surface area contributed by atoms with E-state index in [1.54, 1.807) is 16.8 Å². The summed E-state index contributed by atoms with van der Waals surface area (Å²) >= 11 is 3.40. The molecule has 0 saturated heterocycles. The van der Waals surface area contributed by atoms with Crippen molar-refractivity contribution in [2.24, 2.45) is 7.05 Å². The molecule has 0 atom stereocenters. The van der Waals surface area contributed by atoms with Crippen molar-refractivity contribution in [1.82, 2.24) is 9.78 Å². The second-order valence-corrected chi connectivity index (χ2v) is 4.16. The molecule has 0 saturated carbocycles. The molecule has 0 aliphatic heterocycles. The zero-order chi connectivity index (χ0) is 11.5. The monoisotopic (exact) mass is 276 g/mol. The molecule has 4 nitrogen and oxygen atoms in total. The summed E-state index contributed by atoms with van der Waals surface area (Å²) in [4.78, 5) is 0. The molecule has 5 heteroatoms. The highest BCUT2D eigenvalue weighted by molar-refractivity contribution is 9.10. The van der Waals surface area contributed by atoms with Crippen molar-refractivity contribution in [3.05, 3.63) is 40.5 Å². The van der Waals surface area contributed by atoms with E-state index >= 15 is 0 Å². The Morgan fingerprint density at radius 1 is 1.44 bits per heavy atom. The van der Waals surface area contributed by atoms with Crippen LogP contribution in [0.2, 0.25) is 0 Å². The first kappa shape index (κ1) is 10.7. The summed E-state index contributed by atoms with van der Waals surface area (Å²) in [6.45, 7) is 0. The molecule has 16 heavy (non-hydrogen) atoms. The van der Waals surface area contributed by atoms with Crippen LogP contribution in [0.1, 0.15) is 5.56 Å². The van der Waals surface area contributed by atoms with E-state index in [4.69, 9.17) is 5.26 Å². The van der Waals surface area contributed by atoms with Crippen LogP contribution in [-0.4, -0.2) is 9.78 Å². The van der Waals surface area contributed by atoms with Crippen molar-refractivity contribution >= 4 is 27.4 Å². The molecule has 0 aliphatic rings. The third-order valence-electron chi connectivity index (χ3n) is 2.07. The van der Waals surface area contributed by atoms with Crippen LogP contribution in [0.5, 0.6) is 0 Å². The number of rotatable bonds is 2. The van der Waals surface area contributed by atoms with E-state index in [9.17, 15) is 0 Å². The molecule has 2 aromatic rings. The second kappa shape index (κ2) is 4.37. The maximum atomic E-state index is 8.74. The van der Waals surface area contributed by atoms with Gasteiger partial charge in [-0.25, -0.2) is 0 Å². The van der Waals surface area contributed by atoms with Gasteiger partial charge in [0.25, 0.3) is 0 Å². The van der Waals surface area contributed by atoms with Crippen molar-refractivity contribution in [2.75, 3.05) is 5.32 Å². The van der Waals surface area contributed by atoms with Gasteiger partial charge in [0.1, 0.15) is 0 Å². The minimum atomic E-state index is 0.624. The van der Waals surface area contributed by atoms with E-state index in [1.807, 2.05) is 25.4 Å². The Kier molecular flexibility index (Phi) is 2.93. The van der Waals surface area contributed by atoms with E-state index in [0.717, 1.165) is 16.0 Å². The third-order valence-corrected chi connectivity index (χ3v) is 2.73. The number of hydrogen-bond acceptors (Lipinski definition) is 3. The second-order valence-electron chi connectivity index (χ2n) is 3.31. The SMILES string of the molecule is Cn1ccc(Nc2ccc(C#N)cc2Br)n1. The van der Waals surface area contributed by atoms with Crippen molar-refractivity contribution in [1.29, 1.82) is 5.26 Å². The molecule has 2 rings (SSSR count). The van der Waals surface area contributed by atoms with Crippen LogP contribution < -0.4 is 5.32 Å². The molecule has 0 radical (unpaired) electrons. The van der Waals surface area contributed by atoms with Crippen LogP contribution >= 0.6 is 15.9 Å². The number of nitriles is 1. The highest BCUT2D eigenvalue weighted by Crippen LogP contribution is 2.25. The summed E-state index contributed by atoms with van der Waals surface area (Å²) in [5.41, 5.74) is 1.51. The number of aromatic nitrogens is 2. The average molecular weight is 277 g/mol. The minimum Gasteiger partial charge on any atom is -0.338 e. The summed E-state index contributed by atoms with van der Waals surface area (Å²) in [6, 6.07) is 9.34. The normalized spacial score (nSPS) is 9.81. The van der Waals surface area contributed by atoms with Crippen molar-refractivity contribution in [3.63, 3.8) is 0 Å². The molecule has 0 amide bonds. The number of hydrogen-bond donors (Lipinski definition) is 1. The fourth-order valence-electron chi connectivity index (χ4n) is 1.31. The Balaban J connectivity index is 2.26. The molecule has 1 heterocycles. The average Bonchev–Trinajstić information content (AvgIpc) is 2.67. The van der Waals surface area contributed by atoms with E-state index in [-0.39, 0.29) is 0 Å². The molecule has 0 fully saturated rings. The number of aryl methyl sites for hydroxylation is 1. The standard InChI is InChI=1S/C11H9BrN4/c1-16-5-4-11(15-16)14-10-3-2-8(7-13)6-9(10)12/h2-6H,1H3,(H,14,15). The van der Waals surface area contributed by atoms with Crippen LogP contribution in [0, 0.1) is 11.3 Å². The molecule has 0 spiro atoms. The van der Waals surface area contributed by atoms with E-state index in [1.165, 1.54) is 0 Å². The van der Waals surface area contributed by atoms with Crippen LogP contribution in [0.15, 0.2) is 34.9 Å². The van der Waals surface area contributed by atoms with Gasteiger partial charge in [-0.1, -0.05) is 0 Å². The van der Waals surface area contributed by atoms with E-state index < -0.39 is 0 Å². The molecule has 0 unspecified atom stereocenters. The number of benzene rings is 1.